The number of benzene rings is 2. The first-order chi connectivity index (χ1) is 11.1. The monoisotopic (exact) mass is 309 g/mol. The van der Waals surface area contributed by atoms with E-state index in [0.717, 1.165) is 0 Å². The minimum Gasteiger partial charge on any atom is -0.421 e. The molecule has 0 spiro atoms. The second-order valence-corrected chi connectivity index (χ2v) is 5.70. The van der Waals surface area contributed by atoms with Gasteiger partial charge < -0.3 is 4.74 Å². The Bertz CT molecular complexity index is 847. The number of ether oxygens (including phenoxy) is 1. The van der Waals surface area contributed by atoms with Crippen LogP contribution < -0.4 is 4.74 Å². The average Bonchev–Trinajstić information content (AvgIpc) is 3.28. The Balaban J connectivity index is 1.84. The lowest BCUT2D eigenvalue weighted by molar-refractivity contribution is -0.529. The topological polar surface area (TPSA) is 86.5 Å². The number of carbonyl (C=O) groups is 2. The summed E-state index contributed by atoms with van der Waals surface area (Å²) in [6, 6.07) is 15.0. The standard InChI is InChI=1S/C17H11NO5/c19-15(10-6-2-1-3-7-10)14-13-11-8-4-5-9-12(11)23-16(20)17(13,14)18(21)22/h1-9,13-14H/t13-,14-,17+/m1/s1. The highest BCUT2D eigenvalue weighted by atomic mass is 16.6. The minimum atomic E-state index is -2.00. The van der Waals surface area contributed by atoms with Crippen LogP contribution in [0.25, 0.3) is 0 Å². The van der Waals surface area contributed by atoms with Crippen LogP contribution in [0, 0.1) is 16.0 Å². The third-order valence-electron chi connectivity index (χ3n) is 4.60. The molecule has 114 valence electrons. The molecule has 4 rings (SSSR count). The lowest BCUT2D eigenvalue weighted by Gasteiger charge is -2.16. The lowest BCUT2D eigenvalue weighted by Crippen LogP contribution is -2.42. The second-order valence-electron chi connectivity index (χ2n) is 5.70. The molecule has 1 heterocycles. The molecule has 23 heavy (non-hydrogen) atoms. The van der Waals surface area contributed by atoms with Crippen molar-refractivity contribution >= 4 is 11.8 Å². The van der Waals surface area contributed by atoms with E-state index in [1.54, 1.807) is 54.6 Å². The first-order valence-electron chi connectivity index (χ1n) is 7.13. The van der Waals surface area contributed by atoms with Crippen LogP contribution in [0.3, 0.4) is 0 Å². The molecule has 1 aliphatic carbocycles. The highest BCUT2D eigenvalue weighted by Crippen LogP contribution is 2.65. The van der Waals surface area contributed by atoms with Gasteiger partial charge in [0.2, 0.25) is 0 Å². The first-order valence-corrected chi connectivity index (χ1v) is 7.13. The molecule has 1 saturated carbocycles. The van der Waals surface area contributed by atoms with E-state index < -0.39 is 34.1 Å². The number of Topliss-reactive ketones (excluding diaryl/α,β-unsaturated/α-hetero) is 1. The number of nitro groups is 1. The summed E-state index contributed by atoms with van der Waals surface area (Å²) in [4.78, 5) is 36.0. The molecule has 3 atom stereocenters. The van der Waals surface area contributed by atoms with Crippen molar-refractivity contribution in [3.63, 3.8) is 0 Å². The Morgan fingerprint density at radius 2 is 1.74 bits per heavy atom. The van der Waals surface area contributed by atoms with E-state index in [4.69, 9.17) is 4.74 Å². The van der Waals surface area contributed by atoms with Crippen molar-refractivity contribution in [3.05, 3.63) is 75.8 Å². The van der Waals surface area contributed by atoms with Crippen molar-refractivity contribution in [2.45, 2.75) is 11.5 Å². The molecule has 1 aliphatic heterocycles. The molecule has 0 aromatic heterocycles. The average molecular weight is 309 g/mol. The molecule has 6 nitrogen and oxygen atoms in total. The number of esters is 1. The van der Waals surface area contributed by atoms with Crippen LogP contribution in [-0.2, 0) is 4.79 Å². The molecule has 0 amide bonds. The van der Waals surface area contributed by atoms with Crippen molar-refractivity contribution in [1.82, 2.24) is 0 Å². The summed E-state index contributed by atoms with van der Waals surface area (Å²) in [6.07, 6.45) is 0. The fourth-order valence-electron chi connectivity index (χ4n) is 3.49. The van der Waals surface area contributed by atoms with Gasteiger partial charge in [-0.05, 0) is 6.07 Å². The Labute approximate surface area is 130 Å². The van der Waals surface area contributed by atoms with Gasteiger partial charge in [0.1, 0.15) is 11.7 Å². The van der Waals surface area contributed by atoms with Gasteiger partial charge >= 0.3 is 11.5 Å². The first kappa shape index (κ1) is 13.6. The summed E-state index contributed by atoms with van der Waals surface area (Å²) in [5.41, 5.74) is -1.10. The number of para-hydroxylation sites is 1. The molecule has 6 heteroatoms. The molecule has 0 radical (unpaired) electrons. The summed E-state index contributed by atoms with van der Waals surface area (Å²) in [7, 11) is 0. The van der Waals surface area contributed by atoms with Gasteiger partial charge in [-0.15, -0.1) is 0 Å². The number of rotatable bonds is 3. The molecule has 2 aromatic rings. The zero-order valence-electron chi connectivity index (χ0n) is 11.8. The zero-order valence-corrected chi connectivity index (χ0v) is 11.8. The summed E-state index contributed by atoms with van der Waals surface area (Å²) in [5.74, 6) is -2.87. The number of ketones is 1. The van der Waals surface area contributed by atoms with Gasteiger partial charge in [0, 0.05) is 16.1 Å². The molecule has 0 bridgehead atoms. The van der Waals surface area contributed by atoms with Crippen LogP contribution in [0.2, 0.25) is 0 Å². The van der Waals surface area contributed by atoms with Gasteiger partial charge in [-0.2, -0.15) is 0 Å². The Kier molecular flexibility index (Phi) is 2.66. The maximum atomic E-state index is 12.7. The van der Waals surface area contributed by atoms with Crippen molar-refractivity contribution in [2.75, 3.05) is 0 Å². The van der Waals surface area contributed by atoms with Gasteiger partial charge in [-0.3, -0.25) is 14.9 Å². The fourth-order valence-corrected chi connectivity index (χ4v) is 3.49. The van der Waals surface area contributed by atoms with Gasteiger partial charge in [0.25, 0.3) is 0 Å². The van der Waals surface area contributed by atoms with E-state index >= 15 is 0 Å². The van der Waals surface area contributed by atoms with Crippen molar-refractivity contribution in [2.24, 2.45) is 5.92 Å². The molecule has 2 aromatic carbocycles. The van der Waals surface area contributed by atoms with Gasteiger partial charge in [0.15, 0.2) is 5.78 Å². The second kappa shape index (κ2) is 4.49. The number of fused-ring (bicyclic) bond motifs is 3. The highest BCUT2D eigenvalue weighted by molar-refractivity contribution is 6.09. The van der Waals surface area contributed by atoms with E-state index in [1.807, 2.05) is 0 Å². The highest BCUT2D eigenvalue weighted by Gasteiger charge is 2.86. The Hall–Kier alpha value is -3.02. The van der Waals surface area contributed by atoms with Crippen molar-refractivity contribution < 1.29 is 19.2 Å². The van der Waals surface area contributed by atoms with E-state index in [-0.39, 0.29) is 0 Å². The summed E-state index contributed by atoms with van der Waals surface area (Å²) in [6.45, 7) is 0. The van der Waals surface area contributed by atoms with Crippen LogP contribution in [-0.4, -0.2) is 22.2 Å². The summed E-state index contributed by atoms with van der Waals surface area (Å²) >= 11 is 0. The molecule has 0 unspecified atom stereocenters. The van der Waals surface area contributed by atoms with Gasteiger partial charge in [0.05, 0.1) is 5.92 Å². The summed E-state index contributed by atoms with van der Waals surface area (Å²) in [5, 5.41) is 11.6. The molecule has 1 fully saturated rings. The van der Waals surface area contributed by atoms with E-state index in [2.05, 4.69) is 0 Å². The number of hydrogen-bond donors (Lipinski definition) is 0. The normalized spacial score (nSPS) is 27.4. The Morgan fingerprint density at radius 1 is 1.09 bits per heavy atom. The van der Waals surface area contributed by atoms with E-state index in [0.29, 0.717) is 16.9 Å². The van der Waals surface area contributed by atoms with Crippen LogP contribution in [0.5, 0.6) is 5.75 Å². The van der Waals surface area contributed by atoms with Crippen LogP contribution in [0.4, 0.5) is 0 Å². The molecule has 0 N–H and O–H groups in total. The van der Waals surface area contributed by atoms with Gasteiger partial charge in [-0.1, -0.05) is 48.5 Å². The minimum absolute atomic E-state index is 0.295. The smallest absolute Gasteiger partial charge is 0.391 e. The zero-order chi connectivity index (χ0) is 16.2. The largest absolute Gasteiger partial charge is 0.421 e. The predicted octanol–water partition coefficient (Wildman–Crippen LogP) is 2.22. The quantitative estimate of drug-likeness (QED) is 0.285. The fraction of sp³-hybridized carbons (Fsp3) is 0.176. The van der Waals surface area contributed by atoms with Crippen molar-refractivity contribution in [3.8, 4) is 5.75 Å². The predicted molar refractivity (Wildman–Crippen MR) is 78.8 cm³/mol. The lowest BCUT2D eigenvalue weighted by atomic mass is 10.0. The van der Waals surface area contributed by atoms with E-state index in [9.17, 15) is 19.7 Å². The number of hydrogen-bond acceptors (Lipinski definition) is 5. The summed E-state index contributed by atoms with van der Waals surface area (Å²) < 4.78 is 5.13. The third-order valence-corrected chi connectivity index (χ3v) is 4.60. The van der Waals surface area contributed by atoms with E-state index in [1.165, 1.54) is 0 Å². The Morgan fingerprint density at radius 3 is 2.43 bits per heavy atom. The van der Waals surface area contributed by atoms with Crippen molar-refractivity contribution in [1.29, 1.82) is 0 Å². The molecule has 2 aliphatic rings. The number of carbonyl (C=O) groups excluding carboxylic acids is 2. The third kappa shape index (κ3) is 1.63. The van der Waals surface area contributed by atoms with Crippen LogP contribution in [0.15, 0.2) is 54.6 Å². The number of nitrogens with zero attached hydrogens (tertiary/aromatic N) is 1. The van der Waals surface area contributed by atoms with Gasteiger partial charge in [-0.25, -0.2) is 4.79 Å². The van der Waals surface area contributed by atoms with Crippen LogP contribution in [0.1, 0.15) is 21.8 Å². The SMILES string of the molecule is O=C(c1ccccc1)[C@H]1[C@H]2c3ccccc3OC(=O)[C@]21[N+](=O)[O-]. The maximum Gasteiger partial charge on any atom is 0.391 e. The maximum absolute atomic E-state index is 12.7. The molecular weight excluding hydrogens is 298 g/mol. The van der Waals surface area contributed by atoms with Crippen LogP contribution >= 0.6 is 0 Å². The molecular formula is C17H11NO5. The molecule has 0 saturated heterocycles.